The number of nitrogen functional groups attached to an aromatic ring is 2. The maximum absolute atomic E-state index is 10.8. The van der Waals surface area contributed by atoms with Crippen LogP contribution in [-0.2, 0) is 0 Å². The summed E-state index contributed by atoms with van der Waals surface area (Å²) in [6, 6.07) is 0. The Morgan fingerprint density at radius 2 is 2.30 bits per heavy atom. The van der Waals surface area contributed by atoms with Crippen molar-refractivity contribution in [1.82, 2.24) is 9.66 Å². The summed E-state index contributed by atoms with van der Waals surface area (Å²) in [7, 11) is 0. The maximum Gasteiger partial charge on any atom is 0.295 e. The summed E-state index contributed by atoms with van der Waals surface area (Å²) >= 11 is 4.63. The van der Waals surface area contributed by atoms with E-state index in [4.69, 9.17) is 11.6 Å². The third-order valence-corrected chi connectivity index (χ3v) is 1.35. The predicted molar refractivity (Wildman–Crippen MR) is 40.4 cm³/mol. The summed E-state index contributed by atoms with van der Waals surface area (Å²) in [5, 5.41) is 0. The van der Waals surface area contributed by atoms with Crippen molar-refractivity contribution in [3.63, 3.8) is 0 Å². The Kier molecular flexibility index (Phi) is 1.46. The molecule has 0 aromatic carbocycles. The number of aromatic nitrogens is 2. The van der Waals surface area contributed by atoms with Crippen LogP contribution in [0.1, 0.15) is 0 Å². The van der Waals surface area contributed by atoms with Crippen LogP contribution in [0.15, 0.2) is 11.0 Å². The molecule has 0 radical (unpaired) electrons. The zero-order valence-electron chi connectivity index (χ0n) is 5.00. The zero-order chi connectivity index (χ0) is 7.72. The Morgan fingerprint density at radius 1 is 1.70 bits per heavy atom. The van der Waals surface area contributed by atoms with E-state index in [0.29, 0.717) is 0 Å². The highest BCUT2D eigenvalue weighted by atomic mass is 32.1. The standard InChI is InChI=1S/C4H6N4OS/c5-2-1-7-4(10)8(6)3(2)9/h1H,5-6H2,(H,7,10). The van der Waals surface area contributed by atoms with E-state index in [9.17, 15) is 4.79 Å². The third kappa shape index (κ3) is 0.883. The van der Waals surface area contributed by atoms with Gasteiger partial charge < -0.3 is 16.6 Å². The van der Waals surface area contributed by atoms with Crippen molar-refractivity contribution in [3.05, 3.63) is 21.3 Å². The molecule has 0 atom stereocenters. The van der Waals surface area contributed by atoms with Crippen LogP contribution in [0.4, 0.5) is 5.69 Å². The van der Waals surface area contributed by atoms with Crippen LogP contribution in [0.25, 0.3) is 0 Å². The largest absolute Gasteiger partial charge is 0.393 e. The van der Waals surface area contributed by atoms with Crippen LogP contribution >= 0.6 is 12.2 Å². The molecule has 6 heteroatoms. The molecule has 1 aromatic rings. The van der Waals surface area contributed by atoms with Crippen LogP contribution < -0.4 is 17.1 Å². The van der Waals surface area contributed by atoms with E-state index >= 15 is 0 Å². The van der Waals surface area contributed by atoms with Gasteiger partial charge in [0.25, 0.3) is 5.56 Å². The Hall–Kier alpha value is -1.30. The monoisotopic (exact) mass is 158 g/mol. The molecule has 0 aliphatic carbocycles. The van der Waals surface area contributed by atoms with Crippen LogP contribution in [0.5, 0.6) is 0 Å². The molecule has 0 unspecified atom stereocenters. The molecular formula is C4H6N4OS. The molecule has 0 aliphatic heterocycles. The third-order valence-electron chi connectivity index (χ3n) is 1.04. The van der Waals surface area contributed by atoms with Gasteiger partial charge in [0.1, 0.15) is 5.69 Å². The molecule has 0 aliphatic rings. The van der Waals surface area contributed by atoms with E-state index in [1.165, 1.54) is 6.20 Å². The number of hydrogen-bond acceptors (Lipinski definition) is 4. The Labute approximate surface area is 61.3 Å². The number of anilines is 1. The quantitative estimate of drug-likeness (QED) is 0.340. The summed E-state index contributed by atoms with van der Waals surface area (Å²) < 4.78 is 0.934. The van der Waals surface area contributed by atoms with Crippen molar-refractivity contribution < 1.29 is 0 Å². The minimum atomic E-state index is -0.483. The smallest absolute Gasteiger partial charge is 0.295 e. The number of nitrogens with two attached hydrogens (primary N) is 2. The van der Waals surface area contributed by atoms with Crippen molar-refractivity contribution >= 4 is 17.9 Å². The van der Waals surface area contributed by atoms with Crippen LogP contribution in [0, 0.1) is 4.77 Å². The Morgan fingerprint density at radius 3 is 2.80 bits per heavy atom. The van der Waals surface area contributed by atoms with Gasteiger partial charge in [0, 0.05) is 6.20 Å². The molecule has 0 saturated heterocycles. The van der Waals surface area contributed by atoms with Gasteiger partial charge in [0.2, 0.25) is 0 Å². The highest BCUT2D eigenvalue weighted by Gasteiger charge is 1.95. The van der Waals surface area contributed by atoms with E-state index in [1.54, 1.807) is 0 Å². The predicted octanol–water partition coefficient (Wildman–Crippen LogP) is -0.798. The molecule has 0 bridgehead atoms. The summed E-state index contributed by atoms with van der Waals surface area (Å²) in [6.45, 7) is 0. The van der Waals surface area contributed by atoms with Gasteiger partial charge in [0.15, 0.2) is 4.77 Å². The second-order valence-electron chi connectivity index (χ2n) is 1.72. The minimum Gasteiger partial charge on any atom is -0.393 e. The molecule has 10 heavy (non-hydrogen) atoms. The maximum atomic E-state index is 10.8. The average Bonchev–Trinajstić information content (AvgIpc) is 1.93. The molecule has 1 rings (SSSR count). The van der Waals surface area contributed by atoms with E-state index in [1.807, 2.05) is 0 Å². The lowest BCUT2D eigenvalue weighted by Gasteiger charge is -1.96. The van der Waals surface area contributed by atoms with Gasteiger partial charge in [-0.05, 0) is 12.2 Å². The molecule has 0 amide bonds. The number of aromatic amines is 1. The second-order valence-corrected chi connectivity index (χ2v) is 2.11. The fourth-order valence-electron chi connectivity index (χ4n) is 0.502. The van der Waals surface area contributed by atoms with E-state index in [-0.39, 0.29) is 10.5 Å². The number of hydrogen-bond donors (Lipinski definition) is 3. The van der Waals surface area contributed by atoms with Gasteiger partial charge in [0.05, 0.1) is 0 Å². The summed E-state index contributed by atoms with van der Waals surface area (Å²) in [5.41, 5.74) is 4.77. The van der Waals surface area contributed by atoms with Crippen molar-refractivity contribution in [2.24, 2.45) is 0 Å². The minimum absolute atomic E-state index is 0.0519. The molecule has 5 N–H and O–H groups in total. The number of nitrogens with one attached hydrogen (secondary N) is 1. The van der Waals surface area contributed by atoms with E-state index in [2.05, 4.69) is 17.2 Å². The molecule has 1 aromatic heterocycles. The molecule has 54 valence electrons. The Bertz CT molecular complexity index is 351. The number of H-pyrrole nitrogens is 1. The summed E-state index contributed by atoms with van der Waals surface area (Å²) in [4.78, 5) is 13.4. The van der Waals surface area contributed by atoms with Crippen molar-refractivity contribution in [3.8, 4) is 0 Å². The molecule has 0 fully saturated rings. The summed E-state index contributed by atoms with van der Waals surface area (Å²) in [6.07, 6.45) is 1.31. The molecule has 0 spiro atoms. The number of nitrogens with zero attached hydrogens (tertiary/aromatic N) is 1. The van der Waals surface area contributed by atoms with Crippen molar-refractivity contribution in [2.75, 3.05) is 11.6 Å². The lowest BCUT2D eigenvalue weighted by molar-refractivity contribution is 0.873. The first kappa shape index (κ1) is 6.81. The lowest BCUT2D eigenvalue weighted by atomic mass is 10.5. The van der Waals surface area contributed by atoms with Crippen LogP contribution in [0.2, 0.25) is 0 Å². The summed E-state index contributed by atoms with van der Waals surface area (Å²) in [5.74, 6) is 5.17. The van der Waals surface area contributed by atoms with Crippen molar-refractivity contribution in [2.45, 2.75) is 0 Å². The molecule has 1 heterocycles. The lowest BCUT2D eigenvalue weighted by Crippen LogP contribution is -2.30. The number of rotatable bonds is 0. The van der Waals surface area contributed by atoms with Gasteiger partial charge in [-0.1, -0.05) is 0 Å². The van der Waals surface area contributed by atoms with E-state index < -0.39 is 5.56 Å². The first-order valence-electron chi connectivity index (χ1n) is 2.48. The molecule has 5 nitrogen and oxygen atoms in total. The molecular weight excluding hydrogens is 152 g/mol. The van der Waals surface area contributed by atoms with Gasteiger partial charge in [-0.3, -0.25) is 4.79 Å². The van der Waals surface area contributed by atoms with Gasteiger partial charge >= 0.3 is 0 Å². The van der Waals surface area contributed by atoms with Gasteiger partial charge in [-0.2, -0.15) is 4.68 Å². The fraction of sp³-hybridized carbons (Fsp3) is 0. The van der Waals surface area contributed by atoms with E-state index in [0.717, 1.165) is 4.68 Å². The Balaban J connectivity index is 3.66. The van der Waals surface area contributed by atoms with Gasteiger partial charge in [-0.15, -0.1) is 0 Å². The van der Waals surface area contributed by atoms with Crippen molar-refractivity contribution in [1.29, 1.82) is 0 Å². The second kappa shape index (κ2) is 2.14. The molecule has 0 saturated carbocycles. The first-order valence-corrected chi connectivity index (χ1v) is 2.89. The average molecular weight is 158 g/mol. The fourth-order valence-corrected chi connectivity index (χ4v) is 0.644. The first-order chi connectivity index (χ1) is 4.63. The highest BCUT2D eigenvalue weighted by Crippen LogP contribution is 1.85. The van der Waals surface area contributed by atoms with Crippen LogP contribution in [-0.4, -0.2) is 9.66 Å². The normalized spacial score (nSPS) is 9.60. The highest BCUT2D eigenvalue weighted by molar-refractivity contribution is 7.71. The zero-order valence-corrected chi connectivity index (χ0v) is 5.81. The topological polar surface area (TPSA) is 89.8 Å². The van der Waals surface area contributed by atoms with Gasteiger partial charge in [-0.25, -0.2) is 0 Å². The van der Waals surface area contributed by atoms with Crippen LogP contribution in [0.3, 0.4) is 0 Å². The SMILES string of the molecule is Nc1c[nH]c(=S)n(N)c1=O.